The Labute approximate surface area is 139 Å². The smallest absolute Gasteiger partial charge is 0.274 e. The third-order valence-corrected chi connectivity index (χ3v) is 4.50. The summed E-state index contributed by atoms with van der Waals surface area (Å²) in [5, 5.41) is 3.35. The molecule has 0 aliphatic carbocycles. The van der Waals surface area contributed by atoms with E-state index >= 15 is 0 Å². The highest BCUT2D eigenvalue weighted by Gasteiger charge is 2.32. The van der Waals surface area contributed by atoms with Gasteiger partial charge in [-0.05, 0) is 24.6 Å². The molecule has 4 heterocycles. The van der Waals surface area contributed by atoms with Crippen LogP contribution in [0.2, 0.25) is 0 Å². The second-order valence-electron chi connectivity index (χ2n) is 6.21. The standard InChI is InChI=1S/C17H20N6O/c1-12-3-6-22-11-13(20-15(22)9-12)17(24)23-8-4-18-10-14(23)16-19-5-7-21(16)2/h3,5-7,9,11,14,18H,4,8,10H2,1-2H3. The monoisotopic (exact) mass is 324 g/mol. The van der Waals surface area contributed by atoms with Gasteiger partial charge in [-0.15, -0.1) is 0 Å². The topological polar surface area (TPSA) is 67.5 Å². The summed E-state index contributed by atoms with van der Waals surface area (Å²) in [6.45, 7) is 4.13. The Bertz CT molecular complexity index is 896. The van der Waals surface area contributed by atoms with Crippen LogP contribution in [0.4, 0.5) is 0 Å². The lowest BCUT2D eigenvalue weighted by molar-refractivity contribution is 0.0615. The van der Waals surface area contributed by atoms with Gasteiger partial charge in [-0.1, -0.05) is 0 Å². The van der Waals surface area contributed by atoms with E-state index in [-0.39, 0.29) is 11.9 Å². The lowest BCUT2D eigenvalue weighted by Gasteiger charge is -2.35. The molecular formula is C17H20N6O. The minimum atomic E-state index is -0.0854. The van der Waals surface area contributed by atoms with Crippen molar-refractivity contribution in [3.63, 3.8) is 0 Å². The number of aryl methyl sites for hydroxylation is 2. The van der Waals surface area contributed by atoms with Crippen LogP contribution < -0.4 is 5.32 Å². The molecular weight excluding hydrogens is 304 g/mol. The summed E-state index contributed by atoms with van der Waals surface area (Å²) in [6, 6.07) is 3.90. The van der Waals surface area contributed by atoms with E-state index in [0.29, 0.717) is 18.8 Å². The van der Waals surface area contributed by atoms with Gasteiger partial charge in [0, 0.05) is 51.5 Å². The summed E-state index contributed by atoms with van der Waals surface area (Å²) in [4.78, 5) is 23.9. The highest BCUT2D eigenvalue weighted by atomic mass is 16.2. The molecule has 1 amide bonds. The lowest BCUT2D eigenvalue weighted by Crippen LogP contribution is -2.49. The molecule has 0 bridgehead atoms. The highest BCUT2D eigenvalue weighted by Crippen LogP contribution is 2.22. The average Bonchev–Trinajstić information content (AvgIpc) is 3.19. The number of rotatable bonds is 2. The lowest BCUT2D eigenvalue weighted by atomic mass is 10.1. The summed E-state index contributed by atoms with van der Waals surface area (Å²) in [7, 11) is 1.95. The van der Waals surface area contributed by atoms with Gasteiger partial charge in [0.25, 0.3) is 5.91 Å². The number of carbonyl (C=O) groups is 1. The van der Waals surface area contributed by atoms with E-state index in [9.17, 15) is 4.79 Å². The van der Waals surface area contributed by atoms with Crippen LogP contribution in [0.5, 0.6) is 0 Å². The van der Waals surface area contributed by atoms with E-state index in [1.807, 2.05) is 52.4 Å². The Hall–Kier alpha value is -2.67. The first-order valence-corrected chi connectivity index (χ1v) is 8.08. The van der Waals surface area contributed by atoms with Gasteiger partial charge in [-0.2, -0.15) is 0 Å². The first-order chi connectivity index (χ1) is 11.6. The van der Waals surface area contributed by atoms with E-state index in [0.717, 1.165) is 23.6 Å². The van der Waals surface area contributed by atoms with Gasteiger partial charge < -0.3 is 19.2 Å². The number of imidazole rings is 2. The predicted octanol–water partition coefficient (Wildman–Crippen LogP) is 1.16. The van der Waals surface area contributed by atoms with Crippen molar-refractivity contribution in [1.29, 1.82) is 0 Å². The molecule has 3 aromatic rings. The van der Waals surface area contributed by atoms with Crippen LogP contribution >= 0.6 is 0 Å². The number of fused-ring (bicyclic) bond motifs is 1. The molecule has 1 aliphatic heterocycles. The molecule has 0 saturated carbocycles. The molecule has 1 atom stereocenters. The molecule has 1 unspecified atom stereocenters. The predicted molar refractivity (Wildman–Crippen MR) is 89.8 cm³/mol. The van der Waals surface area contributed by atoms with Gasteiger partial charge in [0.05, 0.1) is 0 Å². The number of piperazine rings is 1. The number of carbonyl (C=O) groups excluding carboxylic acids is 1. The molecule has 124 valence electrons. The Morgan fingerprint density at radius 2 is 2.25 bits per heavy atom. The third kappa shape index (κ3) is 2.46. The molecule has 0 spiro atoms. The molecule has 7 heteroatoms. The van der Waals surface area contributed by atoms with Crippen molar-refractivity contribution < 1.29 is 4.79 Å². The fourth-order valence-corrected chi connectivity index (χ4v) is 3.21. The van der Waals surface area contributed by atoms with Crippen LogP contribution in [0.1, 0.15) is 27.9 Å². The van der Waals surface area contributed by atoms with Crippen molar-refractivity contribution in [2.75, 3.05) is 19.6 Å². The summed E-state index contributed by atoms with van der Waals surface area (Å²) in [6.07, 6.45) is 7.40. The molecule has 3 aromatic heterocycles. The minimum absolute atomic E-state index is 0.0501. The van der Waals surface area contributed by atoms with Gasteiger partial charge in [0.15, 0.2) is 0 Å². The molecule has 0 aromatic carbocycles. The maximum Gasteiger partial charge on any atom is 0.274 e. The molecule has 1 fully saturated rings. The van der Waals surface area contributed by atoms with Crippen LogP contribution in [-0.4, -0.2) is 49.4 Å². The summed E-state index contributed by atoms with van der Waals surface area (Å²) >= 11 is 0. The SMILES string of the molecule is Cc1ccn2cc(C(=O)N3CCNCC3c3nccn3C)nc2c1. The van der Waals surface area contributed by atoms with Crippen molar-refractivity contribution in [3.8, 4) is 0 Å². The molecule has 1 saturated heterocycles. The molecule has 4 rings (SSSR count). The molecule has 7 nitrogen and oxygen atoms in total. The number of aromatic nitrogens is 4. The number of hydrogen-bond donors (Lipinski definition) is 1. The van der Waals surface area contributed by atoms with E-state index < -0.39 is 0 Å². The maximum atomic E-state index is 13.1. The largest absolute Gasteiger partial charge is 0.336 e. The Morgan fingerprint density at radius 1 is 1.38 bits per heavy atom. The number of nitrogens with one attached hydrogen (secondary N) is 1. The molecule has 1 N–H and O–H groups in total. The Morgan fingerprint density at radius 3 is 3.04 bits per heavy atom. The number of amides is 1. The van der Waals surface area contributed by atoms with Crippen molar-refractivity contribution in [1.82, 2.24) is 29.2 Å². The first kappa shape index (κ1) is 14.9. The zero-order chi connectivity index (χ0) is 16.7. The van der Waals surface area contributed by atoms with Gasteiger partial charge in [-0.25, -0.2) is 9.97 Å². The van der Waals surface area contributed by atoms with E-state index in [2.05, 4.69) is 15.3 Å². The minimum Gasteiger partial charge on any atom is -0.336 e. The average molecular weight is 324 g/mol. The van der Waals surface area contributed by atoms with E-state index in [1.165, 1.54) is 0 Å². The van der Waals surface area contributed by atoms with Gasteiger partial charge >= 0.3 is 0 Å². The zero-order valence-electron chi connectivity index (χ0n) is 13.8. The third-order valence-electron chi connectivity index (χ3n) is 4.50. The molecule has 24 heavy (non-hydrogen) atoms. The van der Waals surface area contributed by atoms with Gasteiger partial charge in [0.1, 0.15) is 23.2 Å². The Balaban J connectivity index is 1.69. The fraction of sp³-hybridized carbons (Fsp3) is 0.353. The van der Waals surface area contributed by atoms with E-state index in [4.69, 9.17) is 0 Å². The highest BCUT2D eigenvalue weighted by molar-refractivity contribution is 5.93. The fourth-order valence-electron chi connectivity index (χ4n) is 3.21. The van der Waals surface area contributed by atoms with Crippen molar-refractivity contribution in [3.05, 3.63) is 54.0 Å². The van der Waals surface area contributed by atoms with Gasteiger partial charge in [-0.3, -0.25) is 4.79 Å². The summed E-state index contributed by atoms with van der Waals surface area (Å²) in [5.41, 5.74) is 2.39. The van der Waals surface area contributed by atoms with Crippen molar-refractivity contribution in [2.45, 2.75) is 13.0 Å². The quantitative estimate of drug-likeness (QED) is 0.768. The number of nitrogens with zero attached hydrogens (tertiary/aromatic N) is 5. The van der Waals surface area contributed by atoms with Crippen LogP contribution in [0.3, 0.4) is 0 Å². The Kier molecular flexibility index (Phi) is 3.57. The molecule has 0 radical (unpaired) electrons. The normalized spacial score (nSPS) is 18.2. The van der Waals surface area contributed by atoms with Crippen LogP contribution in [-0.2, 0) is 7.05 Å². The van der Waals surface area contributed by atoms with Crippen molar-refractivity contribution >= 4 is 11.6 Å². The first-order valence-electron chi connectivity index (χ1n) is 8.08. The van der Waals surface area contributed by atoms with Crippen LogP contribution in [0.15, 0.2) is 36.9 Å². The van der Waals surface area contributed by atoms with Crippen LogP contribution in [0, 0.1) is 6.92 Å². The second kappa shape index (κ2) is 5.76. The summed E-state index contributed by atoms with van der Waals surface area (Å²) in [5.74, 6) is 0.834. The van der Waals surface area contributed by atoms with Crippen molar-refractivity contribution in [2.24, 2.45) is 7.05 Å². The summed E-state index contributed by atoms with van der Waals surface area (Å²) < 4.78 is 3.85. The maximum absolute atomic E-state index is 13.1. The second-order valence-corrected chi connectivity index (χ2v) is 6.21. The zero-order valence-corrected chi connectivity index (χ0v) is 13.8. The van der Waals surface area contributed by atoms with Gasteiger partial charge in [0.2, 0.25) is 0 Å². The van der Waals surface area contributed by atoms with E-state index in [1.54, 1.807) is 12.4 Å². The number of hydrogen-bond acceptors (Lipinski definition) is 4. The van der Waals surface area contributed by atoms with Crippen LogP contribution in [0.25, 0.3) is 5.65 Å². The molecule has 1 aliphatic rings. The number of pyridine rings is 1.